The van der Waals surface area contributed by atoms with E-state index in [1.165, 1.54) is 11.1 Å². The molecule has 0 bridgehead atoms. The van der Waals surface area contributed by atoms with Gasteiger partial charge in [0.1, 0.15) is 5.82 Å². The molecule has 100 valence electrons. The highest BCUT2D eigenvalue weighted by Gasteiger charge is 2.11. The molecule has 1 heterocycles. The van der Waals surface area contributed by atoms with Crippen LogP contribution in [0.1, 0.15) is 23.7 Å². The number of aryl methyl sites for hydroxylation is 3. The summed E-state index contributed by atoms with van der Waals surface area (Å²) in [5, 5.41) is 3.15. The van der Waals surface area contributed by atoms with Crippen LogP contribution in [0, 0.1) is 17.4 Å². The summed E-state index contributed by atoms with van der Waals surface area (Å²) >= 11 is 2.30. The minimum absolute atomic E-state index is 0.799. The summed E-state index contributed by atoms with van der Waals surface area (Å²) in [6.45, 7) is 6.32. The molecule has 0 radical (unpaired) electrons. The van der Waals surface area contributed by atoms with E-state index in [1.54, 1.807) is 0 Å². The molecule has 0 atom stereocenters. The first kappa shape index (κ1) is 14.2. The topological polar surface area (TPSA) is 37.8 Å². The van der Waals surface area contributed by atoms with Crippen molar-refractivity contribution in [3.05, 3.63) is 38.6 Å². The molecule has 1 aromatic heterocycles. The molecular weight excluding hydrogens is 349 g/mol. The summed E-state index contributed by atoms with van der Waals surface area (Å²) < 4.78 is 1.11. The highest BCUT2D eigenvalue weighted by atomic mass is 127. The Bertz CT molecular complexity index is 563. The third-order valence-corrected chi connectivity index (χ3v) is 4.10. The fourth-order valence-electron chi connectivity index (χ4n) is 2.13. The molecular formula is C15H18IN3. The van der Waals surface area contributed by atoms with Crippen LogP contribution in [0.2, 0.25) is 0 Å². The second-order valence-electron chi connectivity index (χ2n) is 4.64. The van der Waals surface area contributed by atoms with Crippen molar-refractivity contribution in [2.24, 2.45) is 0 Å². The van der Waals surface area contributed by atoms with Gasteiger partial charge in [0.2, 0.25) is 0 Å². The van der Waals surface area contributed by atoms with Gasteiger partial charge in [-0.2, -0.15) is 0 Å². The summed E-state index contributed by atoms with van der Waals surface area (Å²) in [5.41, 5.74) is 4.65. The lowest BCUT2D eigenvalue weighted by Gasteiger charge is -2.11. The van der Waals surface area contributed by atoms with Gasteiger partial charge < -0.3 is 5.32 Å². The van der Waals surface area contributed by atoms with Gasteiger partial charge >= 0.3 is 0 Å². The molecule has 0 fully saturated rings. The summed E-state index contributed by atoms with van der Waals surface area (Å²) in [7, 11) is 1.90. The Hall–Kier alpha value is -1.17. The van der Waals surface area contributed by atoms with Crippen LogP contribution >= 0.6 is 22.6 Å². The van der Waals surface area contributed by atoms with E-state index in [9.17, 15) is 0 Å². The predicted octanol–water partition coefficient (Wildman–Crippen LogP) is 3.97. The Morgan fingerprint density at radius 2 is 1.74 bits per heavy atom. The first-order valence-corrected chi connectivity index (χ1v) is 7.45. The van der Waals surface area contributed by atoms with E-state index >= 15 is 0 Å². The molecule has 0 aliphatic heterocycles. The Kier molecular flexibility index (Phi) is 4.39. The molecule has 2 aromatic rings. The Balaban J connectivity index is 2.61. The average Bonchev–Trinajstić information content (AvgIpc) is 2.37. The van der Waals surface area contributed by atoms with Crippen LogP contribution in [0.5, 0.6) is 0 Å². The van der Waals surface area contributed by atoms with Crippen LogP contribution < -0.4 is 5.32 Å². The molecule has 1 aromatic carbocycles. The number of aromatic nitrogens is 2. The number of nitrogens with one attached hydrogen (secondary N) is 1. The van der Waals surface area contributed by atoms with E-state index in [0.29, 0.717) is 0 Å². The van der Waals surface area contributed by atoms with Crippen LogP contribution in [0.25, 0.3) is 11.4 Å². The highest BCUT2D eigenvalue weighted by molar-refractivity contribution is 14.1. The molecule has 0 spiro atoms. The molecule has 1 N–H and O–H groups in total. The van der Waals surface area contributed by atoms with E-state index in [-0.39, 0.29) is 0 Å². The van der Waals surface area contributed by atoms with Gasteiger partial charge in [0.25, 0.3) is 0 Å². The maximum atomic E-state index is 4.69. The van der Waals surface area contributed by atoms with Crippen molar-refractivity contribution < 1.29 is 0 Å². The van der Waals surface area contributed by atoms with E-state index in [1.807, 2.05) is 7.05 Å². The zero-order valence-corrected chi connectivity index (χ0v) is 13.9. The smallest absolute Gasteiger partial charge is 0.161 e. The molecule has 0 saturated heterocycles. The van der Waals surface area contributed by atoms with Crippen molar-refractivity contribution >= 4 is 28.4 Å². The number of halogens is 1. The number of rotatable bonds is 3. The lowest BCUT2D eigenvalue weighted by Crippen LogP contribution is -2.05. The third kappa shape index (κ3) is 3.05. The van der Waals surface area contributed by atoms with Gasteiger partial charge in [-0.25, -0.2) is 9.97 Å². The molecule has 0 aliphatic rings. The van der Waals surface area contributed by atoms with Crippen LogP contribution in [-0.4, -0.2) is 17.0 Å². The fourth-order valence-corrected chi connectivity index (χ4v) is 3.02. The standard InChI is InChI=1S/C15H18IN3/c1-5-12-13(16)15(17-4)19-14(18-12)11-7-9(2)6-10(3)8-11/h6-8H,5H2,1-4H3,(H,17,18,19). The zero-order chi connectivity index (χ0) is 14.0. The summed E-state index contributed by atoms with van der Waals surface area (Å²) in [4.78, 5) is 9.32. The number of hydrogen-bond donors (Lipinski definition) is 1. The maximum Gasteiger partial charge on any atom is 0.161 e. The molecule has 0 unspecified atom stereocenters. The largest absolute Gasteiger partial charge is 0.372 e. The first-order chi connectivity index (χ1) is 9.05. The molecule has 2 rings (SSSR count). The number of hydrogen-bond acceptors (Lipinski definition) is 3. The molecule has 0 saturated carbocycles. The fraction of sp³-hybridized carbons (Fsp3) is 0.333. The number of anilines is 1. The van der Waals surface area contributed by atoms with Crippen molar-refractivity contribution in [2.45, 2.75) is 27.2 Å². The van der Waals surface area contributed by atoms with Crippen molar-refractivity contribution in [3.8, 4) is 11.4 Å². The first-order valence-electron chi connectivity index (χ1n) is 6.38. The predicted molar refractivity (Wildman–Crippen MR) is 88.6 cm³/mol. The Morgan fingerprint density at radius 3 is 2.26 bits per heavy atom. The van der Waals surface area contributed by atoms with Crippen molar-refractivity contribution in [3.63, 3.8) is 0 Å². The number of nitrogens with zero attached hydrogens (tertiary/aromatic N) is 2. The quantitative estimate of drug-likeness (QED) is 0.835. The average molecular weight is 367 g/mol. The van der Waals surface area contributed by atoms with Crippen LogP contribution in [0.3, 0.4) is 0 Å². The molecule has 4 heteroatoms. The van der Waals surface area contributed by atoms with Gasteiger partial charge in [-0.1, -0.05) is 24.1 Å². The summed E-state index contributed by atoms with van der Waals surface area (Å²) in [5.74, 6) is 1.70. The van der Waals surface area contributed by atoms with Gasteiger partial charge in [-0.3, -0.25) is 0 Å². The van der Waals surface area contributed by atoms with Crippen molar-refractivity contribution in [1.82, 2.24) is 9.97 Å². The minimum atomic E-state index is 0.799. The van der Waals surface area contributed by atoms with Crippen LogP contribution in [-0.2, 0) is 6.42 Å². The Morgan fingerprint density at radius 1 is 1.11 bits per heavy atom. The zero-order valence-electron chi connectivity index (χ0n) is 11.7. The van der Waals surface area contributed by atoms with E-state index in [0.717, 1.165) is 32.9 Å². The van der Waals surface area contributed by atoms with E-state index in [4.69, 9.17) is 4.98 Å². The van der Waals surface area contributed by atoms with Gasteiger partial charge in [-0.05, 0) is 55.0 Å². The summed E-state index contributed by atoms with van der Waals surface area (Å²) in [6, 6.07) is 6.43. The van der Waals surface area contributed by atoms with Gasteiger partial charge in [0.05, 0.1) is 9.26 Å². The maximum absolute atomic E-state index is 4.69. The highest BCUT2D eigenvalue weighted by Crippen LogP contribution is 2.25. The van der Waals surface area contributed by atoms with Gasteiger partial charge in [-0.15, -0.1) is 0 Å². The van der Waals surface area contributed by atoms with Crippen LogP contribution in [0.4, 0.5) is 5.82 Å². The normalized spacial score (nSPS) is 10.6. The molecule has 19 heavy (non-hydrogen) atoms. The molecule has 0 aliphatic carbocycles. The second-order valence-corrected chi connectivity index (χ2v) is 5.72. The minimum Gasteiger partial charge on any atom is -0.372 e. The monoisotopic (exact) mass is 367 g/mol. The van der Waals surface area contributed by atoms with Gasteiger partial charge in [0.15, 0.2) is 5.82 Å². The second kappa shape index (κ2) is 5.86. The lowest BCUT2D eigenvalue weighted by atomic mass is 10.1. The van der Waals surface area contributed by atoms with Crippen molar-refractivity contribution in [1.29, 1.82) is 0 Å². The van der Waals surface area contributed by atoms with E-state index < -0.39 is 0 Å². The summed E-state index contributed by atoms with van der Waals surface area (Å²) in [6.07, 6.45) is 0.910. The van der Waals surface area contributed by atoms with Crippen molar-refractivity contribution in [2.75, 3.05) is 12.4 Å². The van der Waals surface area contributed by atoms with Crippen LogP contribution in [0.15, 0.2) is 18.2 Å². The van der Waals surface area contributed by atoms with Gasteiger partial charge in [0, 0.05) is 12.6 Å². The third-order valence-electron chi connectivity index (χ3n) is 2.97. The lowest BCUT2D eigenvalue weighted by molar-refractivity contribution is 0.989. The Labute approximate surface area is 128 Å². The molecule has 3 nitrogen and oxygen atoms in total. The number of benzene rings is 1. The van der Waals surface area contributed by atoms with E-state index in [2.05, 4.69) is 71.9 Å². The molecule has 0 amide bonds. The SMILES string of the molecule is CCc1nc(-c2cc(C)cc(C)c2)nc(NC)c1I.